The Morgan fingerprint density at radius 1 is 1.07 bits per heavy atom. The monoisotopic (exact) mass is 403 g/mol. The minimum atomic E-state index is -0.635. The van der Waals surface area contributed by atoms with E-state index in [9.17, 15) is 18.8 Å². The second kappa shape index (κ2) is 8.19. The third kappa shape index (κ3) is 3.75. The van der Waals surface area contributed by atoms with Crippen LogP contribution in [-0.2, 0) is 20.9 Å². The summed E-state index contributed by atoms with van der Waals surface area (Å²) in [5.41, 5.74) is 3.40. The van der Waals surface area contributed by atoms with Gasteiger partial charge in [-0.05, 0) is 43.0 Å². The molecule has 0 spiro atoms. The Kier molecular flexibility index (Phi) is 5.44. The Labute approximate surface area is 174 Å². The van der Waals surface area contributed by atoms with E-state index in [0.717, 1.165) is 16.7 Å². The number of aryl methyl sites for hydroxylation is 1. The number of allylic oxidation sites excluding steroid dienone is 3. The summed E-state index contributed by atoms with van der Waals surface area (Å²) >= 11 is 0. The van der Waals surface area contributed by atoms with E-state index in [2.05, 4.69) is 5.32 Å². The quantitative estimate of drug-likeness (QED) is 0.782. The number of nitrogens with one attached hydrogen (secondary N) is 1. The molecule has 5 heteroatoms. The van der Waals surface area contributed by atoms with Crippen molar-refractivity contribution >= 4 is 17.5 Å². The average molecular weight is 403 g/mol. The Hall–Kier alpha value is -3.34. The van der Waals surface area contributed by atoms with Crippen LogP contribution in [0, 0.1) is 12.7 Å². The fourth-order valence-electron chi connectivity index (χ4n) is 4.09. The Bertz CT molecular complexity index is 1100. The highest BCUT2D eigenvalue weighted by Gasteiger charge is 2.38. The van der Waals surface area contributed by atoms with E-state index in [1.54, 1.807) is 18.2 Å². The summed E-state index contributed by atoms with van der Waals surface area (Å²) < 4.78 is 13.9. The topological polar surface area (TPSA) is 63.2 Å². The Morgan fingerprint density at radius 2 is 1.80 bits per heavy atom. The van der Waals surface area contributed by atoms with E-state index in [1.165, 1.54) is 12.1 Å². The van der Waals surface area contributed by atoms with E-state index >= 15 is 0 Å². The molecule has 0 saturated heterocycles. The molecular formula is C25H22FNO3. The van der Waals surface area contributed by atoms with E-state index in [-0.39, 0.29) is 23.7 Å². The summed E-state index contributed by atoms with van der Waals surface area (Å²) in [6, 6.07) is 13.7. The fraction of sp³-hybridized carbons (Fsp3) is 0.240. The Morgan fingerprint density at radius 3 is 2.53 bits per heavy atom. The molecule has 2 aromatic rings. The maximum Gasteiger partial charge on any atom is 0.255 e. The van der Waals surface area contributed by atoms with Gasteiger partial charge in [-0.2, -0.15) is 0 Å². The maximum atomic E-state index is 13.9. The van der Waals surface area contributed by atoms with Crippen molar-refractivity contribution in [2.24, 2.45) is 0 Å². The number of ketones is 2. The minimum Gasteiger partial charge on any atom is -0.348 e. The van der Waals surface area contributed by atoms with Crippen LogP contribution in [0.15, 0.2) is 71.3 Å². The molecule has 1 N–H and O–H groups in total. The third-order valence-corrected chi connectivity index (χ3v) is 5.71. The molecule has 152 valence electrons. The maximum absolute atomic E-state index is 13.9. The minimum absolute atomic E-state index is 0.0365. The van der Waals surface area contributed by atoms with Crippen molar-refractivity contribution in [1.82, 2.24) is 5.32 Å². The molecule has 2 aromatic carbocycles. The molecule has 0 heterocycles. The first kappa shape index (κ1) is 20.0. The summed E-state index contributed by atoms with van der Waals surface area (Å²) in [6.45, 7) is 1.92. The van der Waals surface area contributed by atoms with Crippen molar-refractivity contribution in [3.8, 4) is 0 Å². The highest BCUT2D eigenvalue weighted by Crippen LogP contribution is 2.40. The largest absolute Gasteiger partial charge is 0.348 e. The van der Waals surface area contributed by atoms with Crippen LogP contribution in [0.4, 0.5) is 4.39 Å². The zero-order valence-corrected chi connectivity index (χ0v) is 16.7. The van der Waals surface area contributed by atoms with Crippen molar-refractivity contribution < 1.29 is 18.8 Å². The van der Waals surface area contributed by atoms with Crippen molar-refractivity contribution in [3.63, 3.8) is 0 Å². The highest BCUT2D eigenvalue weighted by atomic mass is 19.1. The molecule has 0 aliphatic heterocycles. The lowest BCUT2D eigenvalue weighted by atomic mass is 9.72. The summed E-state index contributed by atoms with van der Waals surface area (Å²) in [5, 5.41) is 2.63. The lowest BCUT2D eigenvalue weighted by Crippen LogP contribution is -2.35. The van der Waals surface area contributed by atoms with E-state index < -0.39 is 17.6 Å². The van der Waals surface area contributed by atoms with Crippen LogP contribution >= 0.6 is 0 Å². The van der Waals surface area contributed by atoms with Gasteiger partial charge in [-0.3, -0.25) is 14.4 Å². The van der Waals surface area contributed by atoms with Gasteiger partial charge in [-0.25, -0.2) is 4.39 Å². The summed E-state index contributed by atoms with van der Waals surface area (Å²) in [5.74, 6) is -2.01. The first-order valence-corrected chi connectivity index (χ1v) is 10.1. The number of Topliss-reactive ketones (excluding diaryl/α,β-unsaturated/α-hetero) is 2. The molecule has 0 fully saturated rings. The molecule has 0 saturated carbocycles. The molecule has 30 heavy (non-hydrogen) atoms. The average Bonchev–Trinajstić information content (AvgIpc) is 2.74. The van der Waals surface area contributed by atoms with Crippen LogP contribution in [0.2, 0.25) is 0 Å². The summed E-state index contributed by atoms with van der Waals surface area (Å²) in [7, 11) is 0. The predicted octanol–water partition coefficient (Wildman–Crippen LogP) is 4.09. The number of hydrogen-bond acceptors (Lipinski definition) is 3. The molecular weight excluding hydrogens is 381 g/mol. The molecule has 4 rings (SSSR count). The van der Waals surface area contributed by atoms with E-state index in [0.29, 0.717) is 30.4 Å². The van der Waals surface area contributed by atoms with Crippen LogP contribution in [-0.4, -0.2) is 17.5 Å². The molecule has 1 amide bonds. The summed E-state index contributed by atoms with van der Waals surface area (Å²) in [4.78, 5) is 38.8. The predicted molar refractivity (Wildman–Crippen MR) is 111 cm³/mol. The van der Waals surface area contributed by atoms with Gasteiger partial charge in [0.2, 0.25) is 0 Å². The van der Waals surface area contributed by atoms with E-state index in [1.807, 2.05) is 31.2 Å². The van der Waals surface area contributed by atoms with Gasteiger partial charge in [-0.1, -0.05) is 48.0 Å². The first-order chi connectivity index (χ1) is 14.5. The molecule has 0 aromatic heterocycles. The van der Waals surface area contributed by atoms with Gasteiger partial charge in [0.25, 0.3) is 5.91 Å². The fourth-order valence-corrected chi connectivity index (χ4v) is 4.09. The van der Waals surface area contributed by atoms with Gasteiger partial charge in [0, 0.05) is 24.1 Å². The normalized spacial score (nSPS) is 18.7. The molecule has 2 aliphatic rings. The standard InChI is InChI=1S/C25H22FNO3/c1-15-9-11-16(12-10-15)23-18-6-4-8-22(28)19(18)13-20(24(23)29)25(30)27-14-17-5-2-3-7-21(17)26/h2-3,5,7,9-13,23H,4,6,8,14H2,1H3,(H,27,30). The van der Waals surface area contributed by atoms with Gasteiger partial charge in [-0.15, -0.1) is 0 Å². The van der Waals surface area contributed by atoms with Crippen LogP contribution in [0.25, 0.3) is 0 Å². The smallest absolute Gasteiger partial charge is 0.255 e. The lowest BCUT2D eigenvalue weighted by molar-refractivity contribution is -0.123. The van der Waals surface area contributed by atoms with Gasteiger partial charge >= 0.3 is 0 Å². The van der Waals surface area contributed by atoms with Crippen molar-refractivity contribution in [3.05, 3.63) is 93.8 Å². The number of halogens is 1. The Balaban J connectivity index is 1.67. The second-order valence-corrected chi connectivity index (χ2v) is 7.76. The number of carbonyl (C=O) groups excluding carboxylic acids is 3. The molecule has 1 atom stereocenters. The van der Waals surface area contributed by atoms with Crippen LogP contribution in [0.5, 0.6) is 0 Å². The van der Waals surface area contributed by atoms with Crippen LogP contribution < -0.4 is 5.32 Å². The van der Waals surface area contributed by atoms with Gasteiger partial charge in [0.05, 0.1) is 11.5 Å². The van der Waals surface area contributed by atoms with Crippen molar-refractivity contribution in [1.29, 1.82) is 0 Å². The van der Waals surface area contributed by atoms with Gasteiger partial charge in [0.15, 0.2) is 11.6 Å². The lowest BCUT2D eigenvalue weighted by Gasteiger charge is -2.29. The van der Waals surface area contributed by atoms with Gasteiger partial charge < -0.3 is 5.32 Å². The number of carbonyl (C=O) groups is 3. The zero-order chi connectivity index (χ0) is 21.3. The van der Waals surface area contributed by atoms with Crippen LogP contribution in [0.1, 0.15) is 41.9 Å². The third-order valence-electron chi connectivity index (χ3n) is 5.71. The SMILES string of the molecule is Cc1ccc(C2C(=O)C(C(=O)NCc3ccccc3F)=CC3=C2CCCC3=O)cc1. The number of benzene rings is 2. The van der Waals surface area contributed by atoms with Crippen molar-refractivity contribution in [2.45, 2.75) is 38.6 Å². The van der Waals surface area contributed by atoms with Crippen molar-refractivity contribution in [2.75, 3.05) is 0 Å². The molecule has 4 nitrogen and oxygen atoms in total. The number of hydrogen-bond donors (Lipinski definition) is 1. The first-order valence-electron chi connectivity index (χ1n) is 10.1. The van der Waals surface area contributed by atoms with Gasteiger partial charge in [0.1, 0.15) is 5.82 Å². The second-order valence-electron chi connectivity index (χ2n) is 7.76. The number of rotatable bonds is 4. The van der Waals surface area contributed by atoms with Crippen LogP contribution in [0.3, 0.4) is 0 Å². The summed E-state index contributed by atoms with van der Waals surface area (Å²) in [6.07, 6.45) is 3.21. The van der Waals surface area contributed by atoms with E-state index in [4.69, 9.17) is 0 Å². The molecule has 0 radical (unpaired) electrons. The molecule has 0 bridgehead atoms. The molecule has 2 aliphatic carbocycles. The zero-order valence-electron chi connectivity index (χ0n) is 16.7. The highest BCUT2D eigenvalue weighted by molar-refractivity contribution is 6.25. The number of amides is 1. The molecule has 1 unspecified atom stereocenters.